The van der Waals surface area contributed by atoms with Gasteiger partial charge in [-0.3, -0.25) is 0 Å². The van der Waals surface area contributed by atoms with E-state index >= 15 is 0 Å². The lowest BCUT2D eigenvalue weighted by molar-refractivity contribution is 0.784. The molecule has 0 bridgehead atoms. The SMILES string of the molecule is BrN(Br)Cc1ccccc1. The molecule has 0 saturated heterocycles. The second-order valence-corrected chi connectivity index (χ2v) is 4.61. The summed E-state index contributed by atoms with van der Waals surface area (Å²) in [4.78, 5) is 0. The lowest BCUT2D eigenvalue weighted by atomic mass is 10.2. The number of rotatable bonds is 2. The summed E-state index contributed by atoms with van der Waals surface area (Å²) in [5.41, 5.74) is 1.27. The van der Waals surface area contributed by atoms with Crippen LogP contribution in [0.3, 0.4) is 0 Å². The second-order valence-electron chi connectivity index (χ2n) is 1.95. The Hall–Kier alpha value is 0.140. The number of halogens is 2. The van der Waals surface area contributed by atoms with Crippen molar-refractivity contribution in [3.8, 4) is 0 Å². The largest absolute Gasteiger partial charge is 0.173 e. The molecule has 0 unspecified atom stereocenters. The highest BCUT2D eigenvalue weighted by Crippen LogP contribution is 2.11. The monoisotopic (exact) mass is 263 g/mol. The first kappa shape index (κ1) is 8.24. The third kappa shape index (κ3) is 2.82. The highest BCUT2D eigenvalue weighted by Gasteiger charge is 1.94. The van der Waals surface area contributed by atoms with Crippen molar-refractivity contribution in [1.82, 2.24) is 2.95 Å². The third-order valence-electron chi connectivity index (χ3n) is 1.14. The molecular formula is C7H7Br2N. The molecule has 0 spiro atoms. The zero-order chi connectivity index (χ0) is 7.40. The van der Waals surface area contributed by atoms with Gasteiger partial charge in [0.05, 0.1) is 0 Å². The highest BCUT2D eigenvalue weighted by molar-refractivity contribution is 9.21. The van der Waals surface area contributed by atoms with Gasteiger partial charge in [0.1, 0.15) is 0 Å². The summed E-state index contributed by atoms with van der Waals surface area (Å²) in [5.74, 6) is 0. The molecule has 0 aromatic heterocycles. The van der Waals surface area contributed by atoms with Crippen molar-refractivity contribution in [3.63, 3.8) is 0 Å². The number of nitrogens with zero attached hydrogens (tertiary/aromatic N) is 1. The fourth-order valence-corrected chi connectivity index (χ4v) is 1.30. The third-order valence-corrected chi connectivity index (χ3v) is 1.65. The minimum atomic E-state index is 0.862. The molecule has 0 aliphatic rings. The quantitative estimate of drug-likeness (QED) is 0.742. The van der Waals surface area contributed by atoms with E-state index in [0.717, 1.165) is 6.54 Å². The van der Waals surface area contributed by atoms with E-state index in [4.69, 9.17) is 0 Å². The molecule has 0 heterocycles. The first-order valence-corrected chi connectivity index (χ1v) is 4.34. The van der Waals surface area contributed by atoms with Gasteiger partial charge in [-0.2, -0.15) is 2.95 Å². The Labute approximate surface area is 77.7 Å². The smallest absolute Gasteiger partial charge is 0.0459 e. The summed E-state index contributed by atoms with van der Waals surface area (Å²) in [6.07, 6.45) is 0. The number of benzene rings is 1. The molecule has 0 radical (unpaired) electrons. The summed E-state index contributed by atoms with van der Waals surface area (Å²) in [6, 6.07) is 10.2. The van der Waals surface area contributed by atoms with Crippen molar-refractivity contribution in [3.05, 3.63) is 35.9 Å². The van der Waals surface area contributed by atoms with E-state index in [1.807, 2.05) is 18.2 Å². The molecule has 0 saturated carbocycles. The van der Waals surface area contributed by atoms with Gasteiger partial charge in [0.15, 0.2) is 0 Å². The van der Waals surface area contributed by atoms with Crippen molar-refractivity contribution in [1.29, 1.82) is 0 Å². The normalized spacial score (nSPS) is 10.3. The summed E-state index contributed by atoms with van der Waals surface area (Å²) in [7, 11) is 0. The first-order valence-electron chi connectivity index (χ1n) is 2.92. The maximum atomic E-state index is 3.26. The topological polar surface area (TPSA) is 3.24 Å². The van der Waals surface area contributed by atoms with Gasteiger partial charge >= 0.3 is 0 Å². The summed E-state index contributed by atoms with van der Waals surface area (Å²) < 4.78 is 1.79. The fraction of sp³-hybridized carbons (Fsp3) is 0.143. The summed E-state index contributed by atoms with van der Waals surface area (Å²) in [6.45, 7) is 0.862. The minimum absolute atomic E-state index is 0.862. The van der Waals surface area contributed by atoms with Gasteiger partial charge in [-0.1, -0.05) is 30.3 Å². The van der Waals surface area contributed by atoms with Gasteiger partial charge in [0.25, 0.3) is 0 Å². The van der Waals surface area contributed by atoms with Gasteiger partial charge in [0, 0.05) is 38.8 Å². The van der Waals surface area contributed by atoms with E-state index in [1.165, 1.54) is 5.56 Å². The van der Waals surface area contributed by atoms with Gasteiger partial charge in [-0.05, 0) is 5.56 Å². The first-order chi connectivity index (χ1) is 4.79. The fourth-order valence-electron chi connectivity index (χ4n) is 0.721. The molecule has 0 amide bonds. The Balaban J connectivity index is 2.59. The Morgan fingerprint density at radius 1 is 1.10 bits per heavy atom. The van der Waals surface area contributed by atoms with Crippen LogP contribution in [0, 0.1) is 0 Å². The van der Waals surface area contributed by atoms with Gasteiger partial charge < -0.3 is 0 Å². The van der Waals surface area contributed by atoms with Crippen LogP contribution in [0.25, 0.3) is 0 Å². The van der Waals surface area contributed by atoms with Crippen molar-refractivity contribution in [2.24, 2.45) is 0 Å². The van der Waals surface area contributed by atoms with Gasteiger partial charge in [-0.25, -0.2) is 0 Å². The lowest BCUT2D eigenvalue weighted by Crippen LogP contribution is -1.94. The number of hydrogen-bond acceptors (Lipinski definition) is 1. The van der Waals surface area contributed by atoms with Crippen molar-refractivity contribution in [2.45, 2.75) is 6.54 Å². The predicted molar refractivity (Wildman–Crippen MR) is 49.8 cm³/mol. The zero-order valence-corrected chi connectivity index (χ0v) is 8.47. The van der Waals surface area contributed by atoms with Crippen LogP contribution in [0.4, 0.5) is 0 Å². The molecule has 0 aliphatic carbocycles. The lowest BCUT2D eigenvalue weighted by Gasteiger charge is -2.02. The standard InChI is InChI=1S/C7H7Br2N/c8-10(9)6-7-4-2-1-3-5-7/h1-5H,6H2. The summed E-state index contributed by atoms with van der Waals surface area (Å²) in [5, 5.41) is 0. The number of hydrogen-bond donors (Lipinski definition) is 0. The molecule has 1 nitrogen and oxygen atoms in total. The van der Waals surface area contributed by atoms with Crippen LogP contribution >= 0.6 is 32.3 Å². The van der Waals surface area contributed by atoms with Crippen LogP contribution in [-0.2, 0) is 6.54 Å². The maximum absolute atomic E-state index is 3.26. The molecule has 1 rings (SSSR count). The van der Waals surface area contributed by atoms with E-state index in [0.29, 0.717) is 0 Å². The van der Waals surface area contributed by atoms with Crippen molar-refractivity contribution in [2.75, 3.05) is 0 Å². The molecule has 3 heteroatoms. The molecule has 1 aromatic rings. The van der Waals surface area contributed by atoms with Crippen LogP contribution in [0.15, 0.2) is 30.3 Å². The van der Waals surface area contributed by atoms with Crippen molar-refractivity contribution < 1.29 is 0 Å². The average molecular weight is 265 g/mol. The molecule has 54 valence electrons. The minimum Gasteiger partial charge on any atom is -0.173 e. The molecule has 0 fully saturated rings. The van der Waals surface area contributed by atoms with E-state index < -0.39 is 0 Å². The molecule has 10 heavy (non-hydrogen) atoms. The van der Waals surface area contributed by atoms with E-state index in [2.05, 4.69) is 44.4 Å². The Morgan fingerprint density at radius 3 is 2.20 bits per heavy atom. The van der Waals surface area contributed by atoms with Crippen LogP contribution in [-0.4, -0.2) is 2.95 Å². The van der Waals surface area contributed by atoms with E-state index in [9.17, 15) is 0 Å². The molecule has 1 aromatic carbocycles. The van der Waals surface area contributed by atoms with Crippen LogP contribution < -0.4 is 0 Å². The van der Waals surface area contributed by atoms with Crippen molar-refractivity contribution >= 4 is 32.3 Å². The molecule has 0 atom stereocenters. The van der Waals surface area contributed by atoms with E-state index in [1.54, 1.807) is 2.95 Å². The molecule has 0 N–H and O–H groups in total. The van der Waals surface area contributed by atoms with E-state index in [-0.39, 0.29) is 0 Å². The molecular weight excluding hydrogens is 258 g/mol. The Morgan fingerprint density at radius 2 is 1.70 bits per heavy atom. The summed E-state index contributed by atoms with van der Waals surface area (Å²) >= 11 is 6.52. The maximum Gasteiger partial charge on any atom is 0.0459 e. The Kier molecular flexibility index (Phi) is 3.39. The van der Waals surface area contributed by atoms with Crippen LogP contribution in [0.2, 0.25) is 0 Å². The average Bonchev–Trinajstić information content (AvgIpc) is 1.88. The molecule has 0 aliphatic heterocycles. The second kappa shape index (κ2) is 4.11. The Bertz CT molecular complexity index is 186. The zero-order valence-electron chi connectivity index (χ0n) is 5.30. The van der Waals surface area contributed by atoms with Gasteiger partial charge in [0.2, 0.25) is 0 Å². The predicted octanol–water partition coefficient (Wildman–Crippen LogP) is 3.11. The van der Waals surface area contributed by atoms with Gasteiger partial charge in [-0.15, -0.1) is 0 Å². The highest BCUT2D eigenvalue weighted by atomic mass is 79.9. The van der Waals surface area contributed by atoms with Crippen LogP contribution in [0.5, 0.6) is 0 Å². The van der Waals surface area contributed by atoms with Crippen LogP contribution in [0.1, 0.15) is 5.56 Å².